The van der Waals surface area contributed by atoms with Gasteiger partial charge in [-0.3, -0.25) is 0 Å². The summed E-state index contributed by atoms with van der Waals surface area (Å²) in [5.74, 6) is -3.01. The lowest BCUT2D eigenvalue weighted by Gasteiger charge is -2.49. The molecule has 1 N–H and O–H groups in total. The van der Waals surface area contributed by atoms with Crippen molar-refractivity contribution in [2.24, 2.45) is 0 Å². The van der Waals surface area contributed by atoms with E-state index in [0.717, 1.165) is 22.3 Å². The minimum atomic E-state index is -4.46. The molecule has 0 unspecified atom stereocenters. The number of alkyl halides is 3. The predicted molar refractivity (Wildman–Crippen MR) is 196 cm³/mol. The first-order chi connectivity index (χ1) is 26.5. The Balaban J connectivity index is 1.27. The number of carbonyl (C=O) groups is 1. The van der Waals surface area contributed by atoms with Gasteiger partial charge in [0.05, 0.1) is 26.4 Å². The molecule has 55 heavy (non-hydrogen) atoms. The Morgan fingerprint density at radius 1 is 0.727 bits per heavy atom. The van der Waals surface area contributed by atoms with E-state index in [2.05, 4.69) is 0 Å². The smallest absolute Gasteiger partial charge is 0.422 e. The SMILES string of the molecule is O=C(O)[C@@]12CO[C@@](c3ccc(Cl)c(Cc4ccc(OCC(F)(F)F)cc4)c3)(O1)[C@H](OCc1ccccc1)[C@@H](OCc1ccccc1)[C@@H]2OCc1ccccc1. The molecule has 0 radical (unpaired) electrons. The van der Waals surface area contributed by atoms with Gasteiger partial charge in [0.2, 0.25) is 11.4 Å². The second-order valence-electron chi connectivity index (χ2n) is 13.5. The van der Waals surface area contributed by atoms with Crippen molar-refractivity contribution in [3.63, 3.8) is 0 Å². The van der Waals surface area contributed by atoms with Gasteiger partial charge in [-0.25, -0.2) is 4.79 Å². The van der Waals surface area contributed by atoms with Gasteiger partial charge >= 0.3 is 12.1 Å². The van der Waals surface area contributed by atoms with Crippen LogP contribution in [-0.2, 0) is 60.5 Å². The number of hydrogen-bond donors (Lipinski definition) is 1. The molecule has 8 nitrogen and oxygen atoms in total. The van der Waals surface area contributed by atoms with Gasteiger partial charge in [-0.05, 0) is 58.5 Å². The summed E-state index contributed by atoms with van der Waals surface area (Å²) >= 11 is 6.74. The summed E-state index contributed by atoms with van der Waals surface area (Å²) < 4.78 is 76.2. The summed E-state index contributed by atoms with van der Waals surface area (Å²) in [5, 5.41) is 11.4. The average molecular weight is 775 g/mol. The summed E-state index contributed by atoms with van der Waals surface area (Å²) in [6, 6.07) is 39.8. The minimum absolute atomic E-state index is 0.0681. The van der Waals surface area contributed by atoms with Crippen molar-refractivity contribution in [1.29, 1.82) is 0 Å². The van der Waals surface area contributed by atoms with E-state index in [1.807, 2.05) is 91.0 Å². The standard InChI is InChI=1S/C43H38ClF3O8/c44-36-21-18-34(23-33(36)22-29-16-19-35(20-17-29)53-28-42(45,46)47)43-39(52-26-32-14-8-3-9-15-32)37(50-24-30-10-4-1-5-11-30)38(41(55-43,27-54-43)40(48)49)51-25-31-12-6-2-7-13-31/h1-21,23,37-39H,22,24-28H2,(H,48,49)/t37-,38-,39+,41-,43-/m0/s1. The summed E-state index contributed by atoms with van der Waals surface area (Å²) in [4.78, 5) is 13.5. The molecule has 2 heterocycles. The van der Waals surface area contributed by atoms with E-state index in [4.69, 9.17) is 40.0 Å². The van der Waals surface area contributed by atoms with E-state index < -0.39 is 48.5 Å². The molecule has 5 aromatic carbocycles. The van der Waals surface area contributed by atoms with Crippen molar-refractivity contribution in [2.45, 2.75) is 62.1 Å². The van der Waals surface area contributed by atoms with Crippen LogP contribution in [0, 0.1) is 0 Å². The minimum Gasteiger partial charge on any atom is -0.484 e. The van der Waals surface area contributed by atoms with E-state index in [9.17, 15) is 23.1 Å². The number of ether oxygens (including phenoxy) is 6. The number of hydrogen-bond acceptors (Lipinski definition) is 7. The first-order valence-electron chi connectivity index (χ1n) is 17.7. The van der Waals surface area contributed by atoms with Gasteiger partial charge in [-0.2, -0.15) is 13.2 Å². The molecule has 2 aliphatic rings. The first-order valence-corrected chi connectivity index (χ1v) is 18.0. The number of carboxylic acids is 1. The molecule has 286 valence electrons. The Labute approximate surface area is 321 Å². The second kappa shape index (κ2) is 16.5. The summed E-state index contributed by atoms with van der Waals surface area (Å²) in [5.41, 5.74) is 2.33. The Kier molecular flexibility index (Phi) is 11.6. The van der Waals surface area contributed by atoms with Gasteiger partial charge in [0, 0.05) is 10.6 Å². The topological polar surface area (TPSA) is 92.7 Å². The van der Waals surface area contributed by atoms with Crippen LogP contribution in [0.5, 0.6) is 5.75 Å². The normalized spacial score (nSPS) is 23.4. The summed E-state index contributed by atoms with van der Waals surface area (Å²) in [7, 11) is 0. The third kappa shape index (κ3) is 8.73. The molecule has 2 saturated heterocycles. The van der Waals surface area contributed by atoms with Crippen LogP contribution in [0.15, 0.2) is 133 Å². The number of rotatable bonds is 15. The molecular formula is C43H38ClF3O8. The number of benzene rings is 5. The van der Waals surface area contributed by atoms with Crippen LogP contribution in [0.4, 0.5) is 13.2 Å². The fourth-order valence-electron chi connectivity index (χ4n) is 6.91. The molecule has 0 aliphatic carbocycles. The van der Waals surface area contributed by atoms with Crippen molar-refractivity contribution in [1.82, 2.24) is 0 Å². The predicted octanol–water partition coefficient (Wildman–Crippen LogP) is 8.66. The molecule has 5 aromatic rings. The fourth-order valence-corrected chi connectivity index (χ4v) is 7.09. The number of halogens is 4. The summed E-state index contributed by atoms with van der Waals surface area (Å²) in [6.45, 7) is -1.49. The molecule has 2 bridgehead atoms. The van der Waals surface area contributed by atoms with Crippen molar-refractivity contribution < 1.29 is 51.5 Å². The number of aliphatic carboxylic acids is 1. The Morgan fingerprint density at radius 3 is 1.82 bits per heavy atom. The zero-order valence-electron chi connectivity index (χ0n) is 29.5. The lowest BCUT2D eigenvalue weighted by molar-refractivity contribution is -0.345. The molecule has 0 aromatic heterocycles. The maximum atomic E-state index is 13.5. The van der Waals surface area contributed by atoms with Crippen LogP contribution in [0.3, 0.4) is 0 Å². The molecule has 2 aliphatic heterocycles. The highest BCUT2D eigenvalue weighted by Gasteiger charge is 2.72. The van der Waals surface area contributed by atoms with Gasteiger partial charge in [0.15, 0.2) is 6.61 Å². The Bertz CT molecular complexity index is 2030. The zero-order chi connectivity index (χ0) is 38.5. The lowest BCUT2D eigenvalue weighted by Crippen LogP contribution is -2.68. The van der Waals surface area contributed by atoms with E-state index in [0.29, 0.717) is 16.1 Å². The molecule has 2 fully saturated rings. The second-order valence-corrected chi connectivity index (χ2v) is 13.9. The largest absolute Gasteiger partial charge is 0.484 e. The van der Waals surface area contributed by atoms with Gasteiger partial charge in [0.1, 0.15) is 24.1 Å². The van der Waals surface area contributed by atoms with Gasteiger partial charge in [0.25, 0.3) is 0 Å². The summed E-state index contributed by atoms with van der Waals surface area (Å²) in [6.07, 6.45) is -7.46. The fraction of sp³-hybridized carbons (Fsp3) is 0.279. The molecule has 0 amide bonds. The van der Waals surface area contributed by atoms with Crippen molar-refractivity contribution >= 4 is 17.6 Å². The van der Waals surface area contributed by atoms with Crippen LogP contribution >= 0.6 is 11.6 Å². The van der Waals surface area contributed by atoms with Crippen molar-refractivity contribution in [3.05, 3.63) is 172 Å². The maximum Gasteiger partial charge on any atom is 0.422 e. The molecule has 7 rings (SSSR count). The van der Waals surface area contributed by atoms with Gasteiger partial charge < -0.3 is 33.5 Å². The van der Waals surface area contributed by atoms with E-state index in [1.165, 1.54) is 12.1 Å². The Hall–Kier alpha value is -4.75. The maximum absolute atomic E-state index is 13.5. The molecule has 0 saturated carbocycles. The molecule has 5 atom stereocenters. The van der Waals surface area contributed by atoms with Crippen molar-refractivity contribution in [3.8, 4) is 5.75 Å². The van der Waals surface area contributed by atoms with E-state index in [1.54, 1.807) is 30.3 Å². The quantitative estimate of drug-likeness (QED) is 0.113. The van der Waals surface area contributed by atoms with Crippen molar-refractivity contribution in [2.75, 3.05) is 13.2 Å². The number of carboxylic acid groups (broad SMARTS) is 1. The molecule has 12 heteroatoms. The highest BCUT2D eigenvalue weighted by Crippen LogP contribution is 2.53. The van der Waals surface area contributed by atoms with Crippen LogP contribution in [0.1, 0.15) is 33.4 Å². The third-order valence-electron chi connectivity index (χ3n) is 9.63. The van der Waals surface area contributed by atoms with Gasteiger partial charge in [-0.15, -0.1) is 0 Å². The lowest BCUT2D eigenvalue weighted by atomic mass is 9.82. The van der Waals surface area contributed by atoms with Gasteiger partial charge in [-0.1, -0.05) is 121 Å². The van der Waals surface area contributed by atoms with Crippen LogP contribution in [0.25, 0.3) is 0 Å². The third-order valence-corrected chi connectivity index (χ3v) is 10.00. The van der Waals surface area contributed by atoms with E-state index in [-0.39, 0.29) is 38.6 Å². The van der Waals surface area contributed by atoms with Crippen LogP contribution < -0.4 is 4.74 Å². The Morgan fingerprint density at radius 2 is 1.27 bits per heavy atom. The monoisotopic (exact) mass is 774 g/mol. The van der Waals surface area contributed by atoms with Crippen LogP contribution in [-0.4, -0.2) is 54.4 Å². The highest BCUT2D eigenvalue weighted by atomic mass is 35.5. The number of fused-ring (bicyclic) bond motifs is 2. The first kappa shape index (κ1) is 38.5. The van der Waals surface area contributed by atoms with Crippen LogP contribution in [0.2, 0.25) is 5.02 Å². The molecular weight excluding hydrogens is 737 g/mol. The highest BCUT2D eigenvalue weighted by molar-refractivity contribution is 6.31. The average Bonchev–Trinajstić information content (AvgIpc) is 3.56. The zero-order valence-corrected chi connectivity index (χ0v) is 30.2. The van der Waals surface area contributed by atoms with E-state index >= 15 is 0 Å². The molecule has 0 spiro atoms.